The van der Waals surface area contributed by atoms with Gasteiger partial charge in [-0.2, -0.15) is 18.3 Å². The quantitative estimate of drug-likeness (QED) is 0.369. The van der Waals surface area contributed by atoms with E-state index in [0.29, 0.717) is 18.3 Å². The Morgan fingerprint density at radius 1 is 1.29 bits per heavy atom. The lowest BCUT2D eigenvalue weighted by Gasteiger charge is -2.13. The fraction of sp³-hybridized carbons (Fsp3) is 0.357. The molecule has 0 atom stereocenters. The predicted molar refractivity (Wildman–Crippen MR) is 96.1 cm³/mol. The minimum atomic E-state index is -4.18. The normalized spacial score (nSPS) is 11.8. The molecule has 0 saturated carbocycles. The van der Waals surface area contributed by atoms with Gasteiger partial charge in [-0.1, -0.05) is 18.2 Å². The lowest BCUT2D eigenvalue weighted by molar-refractivity contribution is -0.132. The highest BCUT2D eigenvalue weighted by molar-refractivity contribution is 14.0. The first kappa shape index (κ1) is 20.2. The van der Waals surface area contributed by atoms with Gasteiger partial charge in [0.25, 0.3) is 0 Å². The fourth-order valence-electron chi connectivity index (χ4n) is 1.90. The summed E-state index contributed by atoms with van der Waals surface area (Å²) in [6.45, 7) is 0.203. The molecule has 0 aliphatic heterocycles. The summed E-state index contributed by atoms with van der Waals surface area (Å²) in [6, 6.07) is 7.57. The molecule has 0 radical (unpaired) electrons. The number of guanidine groups is 1. The zero-order valence-electron chi connectivity index (χ0n) is 12.9. The Morgan fingerprint density at radius 2 is 2.08 bits per heavy atom. The molecule has 0 amide bonds. The second-order valence-corrected chi connectivity index (χ2v) is 4.75. The van der Waals surface area contributed by atoms with Gasteiger partial charge in [0.15, 0.2) is 11.8 Å². The number of hydrogen-bond donors (Lipinski definition) is 3. The SMILES string of the molecule is CN=C(NCCC(F)(F)F)NCc1cccc(-c2ncn[nH]2)c1.I. The van der Waals surface area contributed by atoms with Gasteiger partial charge in [-0.25, -0.2) is 4.98 Å². The van der Waals surface area contributed by atoms with Crippen LogP contribution in [0.15, 0.2) is 35.6 Å². The number of benzene rings is 1. The highest BCUT2D eigenvalue weighted by atomic mass is 127. The number of nitrogens with one attached hydrogen (secondary N) is 3. The van der Waals surface area contributed by atoms with Gasteiger partial charge in [0.05, 0.1) is 6.42 Å². The number of aromatic amines is 1. The molecule has 0 fully saturated rings. The molecule has 0 aliphatic rings. The fourth-order valence-corrected chi connectivity index (χ4v) is 1.90. The molecule has 24 heavy (non-hydrogen) atoms. The van der Waals surface area contributed by atoms with Crippen molar-refractivity contribution in [1.82, 2.24) is 25.8 Å². The highest BCUT2D eigenvalue weighted by Gasteiger charge is 2.26. The summed E-state index contributed by atoms with van der Waals surface area (Å²) < 4.78 is 36.4. The topological polar surface area (TPSA) is 78.0 Å². The van der Waals surface area contributed by atoms with Crippen LogP contribution in [0.4, 0.5) is 13.2 Å². The van der Waals surface area contributed by atoms with E-state index in [1.165, 1.54) is 13.4 Å². The van der Waals surface area contributed by atoms with Crippen LogP contribution in [0.2, 0.25) is 0 Å². The number of alkyl halides is 3. The lowest BCUT2D eigenvalue weighted by atomic mass is 10.1. The molecule has 1 aromatic carbocycles. The molecule has 1 aromatic heterocycles. The average Bonchev–Trinajstić information content (AvgIpc) is 3.04. The lowest BCUT2D eigenvalue weighted by Crippen LogP contribution is -2.38. The Hall–Kier alpha value is -1.85. The Balaban J connectivity index is 0.00000288. The first-order valence-corrected chi connectivity index (χ1v) is 6.94. The van der Waals surface area contributed by atoms with Crippen molar-refractivity contribution in [2.75, 3.05) is 13.6 Å². The van der Waals surface area contributed by atoms with E-state index in [-0.39, 0.29) is 30.5 Å². The van der Waals surface area contributed by atoms with E-state index in [1.807, 2.05) is 24.3 Å². The van der Waals surface area contributed by atoms with Gasteiger partial charge in [-0.3, -0.25) is 10.1 Å². The van der Waals surface area contributed by atoms with Crippen LogP contribution >= 0.6 is 24.0 Å². The third-order valence-electron chi connectivity index (χ3n) is 3.00. The molecule has 0 saturated heterocycles. The van der Waals surface area contributed by atoms with E-state index in [4.69, 9.17) is 0 Å². The first-order valence-electron chi connectivity index (χ1n) is 6.94. The van der Waals surface area contributed by atoms with E-state index in [0.717, 1.165) is 11.1 Å². The average molecular weight is 454 g/mol. The number of rotatable bonds is 5. The number of aromatic nitrogens is 3. The number of hydrogen-bond acceptors (Lipinski definition) is 3. The Kier molecular flexibility index (Phi) is 7.95. The van der Waals surface area contributed by atoms with Crippen molar-refractivity contribution >= 4 is 29.9 Å². The smallest absolute Gasteiger partial charge is 0.356 e. The molecule has 2 rings (SSSR count). The van der Waals surface area contributed by atoms with Crippen molar-refractivity contribution in [1.29, 1.82) is 0 Å². The van der Waals surface area contributed by atoms with Crippen LogP contribution in [0.5, 0.6) is 0 Å². The first-order chi connectivity index (χ1) is 11.0. The molecular weight excluding hydrogens is 436 g/mol. The largest absolute Gasteiger partial charge is 0.390 e. The predicted octanol–water partition coefficient (Wildman–Crippen LogP) is 2.71. The van der Waals surface area contributed by atoms with Crippen LogP contribution in [-0.4, -0.2) is 40.9 Å². The molecule has 132 valence electrons. The second-order valence-electron chi connectivity index (χ2n) is 4.75. The minimum Gasteiger partial charge on any atom is -0.356 e. The van der Waals surface area contributed by atoms with Crippen molar-refractivity contribution in [2.45, 2.75) is 19.1 Å². The van der Waals surface area contributed by atoms with Crippen LogP contribution in [-0.2, 0) is 6.54 Å². The van der Waals surface area contributed by atoms with Crippen molar-refractivity contribution in [3.63, 3.8) is 0 Å². The van der Waals surface area contributed by atoms with Crippen LogP contribution < -0.4 is 10.6 Å². The molecule has 0 bridgehead atoms. The van der Waals surface area contributed by atoms with Gasteiger partial charge >= 0.3 is 6.18 Å². The zero-order chi connectivity index (χ0) is 16.7. The highest BCUT2D eigenvalue weighted by Crippen LogP contribution is 2.18. The van der Waals surface area contributed by atoms with Gasteiger partial charge in [-0.15, -0.1) is 24.0 Å². The van der Waals surface area contributed by atoms with E-state index in [2.05, 4.69) is 30.8 Å². The zero-order valence-corrected chi connectivity index (χ0v) is 15.2. The number of H-pyrrole nitrogens is 1. The minimum absolute atomic E-state index is 0. The summed E-state index contributed by atoms with van der Waals surface area (Å²) >= 11 is 0. The van der Waals surface area contributed by atoms with Gasteiger partial charge < -0.3 is 10.6 Å². The maximum atomic E-state index is 12.1. The summed E-state index contributed by atoms with van der Waals surface area (Å²) in [5, 5.41) is 12.2. The molecule has 0 aliphatic carbocycles. The molecule has 2 aromatic rings. The van der Waals surface area contributed by atoms with E-state index < -0.39 is 12.6 Å². The van der Waals surface area contributed by atoms with E-state index in [1.54, 1.807) is 0 Å². The Labute approximate surface area is 154 Å². The van der Waals surface area contributed by atoms with Gasteiger partial charge in [0.2, 0.25) is 0 Å². The third-order valence-corrected chi connectivity index (χ3v) is 3.00. The Bertz CT molecular complexity index is 642. The molecule has 3 N–H and O–H groups in total. The van der Waals surface area contributed by atoms with Crippen LogP contribution in [0.25, 0.3) is 11.4 Å². The summed E-state index contributed by atoms with van der Waals surface area (Å²) in [6.07, 6.45) is -3.67. The third kappa shape index (κ3) is 6.72. The number of nitrogens with zero attached hydrogens (tertiary/aromatic N) is 3. The standard InChI is InChI=1S/C14H17F3N6.HI/c1-18-13(19-6-5-14(15,16)17)20-8-10-3-2-4-11(7-10)12-21-9-22-23-12;/h2-4,7,9H,5-6,8H2,1H3,(H2,18,19,20)(H,21,22,23);1H. The summed E-state index contributed by atoms with van der Waals surface area (Å²) in [5.74, 6) is 0.971. The van der Waals surface area contributed by atoms with Crippen molar-refractivity contribution in [3.05, 3.63) is 36.2 Å². The summed E-state index contributed by atoms with van der Waals surface area (Å²) in [5.41, 5.74) is 1.82. The van der Waals surface area contributed by atoms with Crippen molar-refractivity contribution in [2.24, 2.45) is 4.99 Å². The van der Waals surface area contributed by atoms with Gasteiger partial charge in [0.1, 0.15) is 6.33 Å². The number of halogens is 4. The molecule has 0 spiro atoms. The van der Waals surface area contributed by atoms with Crippen LogP contribution in [0, 0.1) is 0 Å². The maximum absolute atomic E-state index is 12.1. The van der Waals surface area contributed by atoms with Crippen LogP contribution in [0.3, 0.4) is 0 Å². The van der Waals surface area contributed by atoms with E-state index >= 15 is 0 Å². The molecule has 10 heteroatoms. The molecule has 1 heterocycles. The van der Waals surface area contributed by atoms with Crippen LogP contribution in [0.1, 0.15) is 12.0 Å². The molecule has 6 nitrogen and oxygen atoms in total. The molecular formula is C14H18F3IN6. The van der Waals surface area contributed by atoms with Gasteiger partial charge in [-0.05, 0) is 11.6 Å². The van der Waals surface area contributed by atoms with E-state index in [9.17, 15) is 13.2 Å². The second kappa shape index (κ2) is 9.45. The number of aliphatic imine (C=N–C) groups is 1. The Morgan fingerprint density at radius 3 is 2.71 bits per heavy atom. The maximum Gasteiger partial charge on any atom is 0.390 e. The summed E-state index contributed by atoms with van der Waals surface area (Å²) in [4.78, 5) is 7.97. The monoisotopic (exact) mass is 454 g/mol. The van der Waals surface area contributed by atoms with Crippen molar-refractivity contribution in [3.8, 4) is 11.4 Å². The van der Waals surface area contributed by atoms with Gasteiger partial charge in [0, 0.05) is 25.7 Å². The van der Waals surface area contributed by atoms with Crippen molar-refractivity contribution < 1.29 is 13.2 Å². The molecule has 0 unspecified atom stereocenters. The summed E-state index contributed by atoms with van der Waals surface area (Å²) in [7, 11) is 1.51.